The van der Waals surface area contributed by atoms with Gasteiger partial charge in [-0.05, 0) is 39.0 Å². The third kappa shape index (κ3) is 5.35. The van der Waals surface area contributed by atoms with Gasteiger partial charge in [0.05, 0.1) is 6.61 Å². The Balaban J connectivity index is 1.77. The Morgan fingerprint density at radius 1 is 1.41 bits per heavy atom. The van der Waals surface area contributed by atoms with Crippen LogP contribution in [0.2, 0.25) is 0 Å². The molecule has 0 N–H and O–H groups in total. The first-order chi connectivity index (χ1) is 10.3. The molecule has 0 aromatic carbocycles. The maximum atomic E-state index is 11.9. The molecule has 1 aliphatic carbocycles. The Morgan fingerprint density at radius 2 is 2.09 bits per heavy atom. The molecule has 124 valence electrons. The first kappa shape index (κ1) is 16.8. The van der Waals surface area contributed by atoms with Crippen molar-refractivity contribution in [1.29, 1.82) is 0 Å². The summed E-state index contributed by atoms with van der Waals surface area (Å²) in [6, 6.07) is 1.70. The summed E-state index contributed by atoms with van der Waals surface area (Å²) in [5, 5.41) is 4.12. The lowest BCUT2D eigenvalue weighted by molar-refractivity contribution is 0.0511. The quantitative estimate of drug-likeness (QED) is 0.815. The SMILES string of the molecule is CC(COc1ccn(C(=O)OC(C)(C)C)n1)CC1CCCC1. The summed E-state index contributed by atoms with van der Waals surface area (Å²) in [5.74, 6) is 1.84. The fourth-order valence-corrected chi connectivity index (χ4v) is 2.91. The lowest BCUT2D eigenvalue weighted by Crippen LogP contribution is -2.27. The largest absolute Gasteiger partial charge is 0.476 e. The van der Waals surface area contributed by atoms with Crippen molar-refractivity contribution in [1.82, 2.24) is 9.78 Å². The van der Waals surface area contributed by atoms with Gasteiger partial charge in [0, 0.05) is 12.3 Å². The van der Waals surface area contributed by atoms with Crippen LogP contribution in [0.1, 0.15) is 59.8 Å². The van der Waals surface area contributed by atoms with Crippen molar-refractivity contribution in [3.8, 4) is 5.88 Å². The highest BCUT2D eigenvalue weighted by Crippen LogP contribution is 2.30. The molecule has 1 aromatic rings. The fourth-order valence-electron chi connectivity index (χ4n) is 2.91. The molecular formula is C17H28N2O3. The van der Waals surface area contributed by atoms with Crippen molar-refractivity contribution < 1.29 is 14.3 Å². The van der Waals surface area contributed by atoms with Gasteiger partial charge in [-0.1, -0.05) is 32.6 Å². The number of hydrogen-bond donors (Lipinski definition) is 0. The van der Waals surface area contributed by atoms with Crippen molar-refractivity contribution in [2.24, 2.45) is 11.8 Å². The predicted octanol–water partition coefficient (Wildman–Crippen LogP) is 4.26. The summed E-state index contributed by atoms with van der Waals surface area (Å²) in [7, 11) is 0. The molecule has 0 spiro atoms. The van der Waals surface area contributed by atoms with E-state index in [1.165, 1.54) is 36.8 Å². The van der Waals surface area contributed by atoms with Crippen molar-refractivity contribution in [3.63, 3.8) is 0 Å². The van der Waals surface area contributed by atoms with E-state index in [1.807, 2.05) is 20.8 Å². The monoisotopic (exact) mass is 308 g/mol. The van der Waals surface area contributed by atoms with Gasteiger partial charge in [-0.25, -0.2) is 4.79 Å². The standard InChI is InChI=1S/C17H28N2O3/c1-13(11-14-7-5-6-8-14)12-21-15-9-10-19(18-15)16(20)22-17(2,3)4/h9-10,13-14H,5-8,11-12H2,1-4H3. The molecule has 1 fully saturated rings. The Kier molecular flexibility index (Phi) is 5.48. The Morgan fingerprint density at radius 3 is 2.73 bits per heavy atom. The van der Waals surface area contributed by atoms with E-state index in [-0.39, 0.29) is 0 Å². The van der Waals surface area contributed by atoms with Crippen LogP contribution in [0.5, 0.6) is 5.88 Å². The molecular weight excluding hydrogens is 280 g/mol. The summed E-state index contributed by atoms with van der Waals surface area (Å²) >= 11 is 0. The van der Waals surface area contributed by atoms with Crippen LogP contribution in [0.4, 0.5) is 4.79 Å². The zero-order valence-electron chi connectivity index (χ0n) is 14.2. The van der Waals surface area contributed by atoms with Crippen molar-refractivity contribution in [3.05, 3.63) is 12.3 Å². The third-order valence-corrected chi connectivity index (χ3v) is 3.87. The lowest BCUT2D eigenvalue weighted by Gasteiger charge is -2.18. The van der Waals surface area contributed by atoms with Crippen LogP contribution >= 0.6 is 0 Å². The average Bonchev–Trinajstić information content (AvgIpc) is 3.05. The summed E-state index contributed by atoms with van der Waals surface area (Å²) in [6.45, 7) is 8.34. The molecule has 22 heavy (non-hydrogen) atoms. The molecule has 1 saturated carbocycles. The van der Waals surface area contributed by atoms with E-state index in [1.54, 1.807) is 12.3 Å². The average molecular weight is 308 g/mol. The van der Waals surface area contributed by atoms with Gasteiger partial charge in [-0.3, -0.25) is 0 Å². The van der Waals surface area contributed by atoms with Crippen LogP contribution in [0.15, 0.2) is 12.3 Å². The van der Waals surface area contributed by atoms with Gasteiger partial charge in [0.15, 0.2) is 0 Å². The number of hydrogen-bond acceptors (Lipinski definition) is 4. The highest BCUT2D eigenvalue weighted by atomic mass is 16.6. The van der Waals surface area contributed by atoms with E-state index >= 15 is 0 Å². The second kappa shape index (κ2) is 7.16. The van der Waals surface area contributed by atoms with E-state index in [2.05, 4.69) is 12.0 Å². The zero-order chi connectivity index (χ0) is 16.2. The fraction of sp³-hybridized carbons (Fsp3) is 0.765. The Labute approximate surface area is 133 Å². The van der Waals surface area contributed by atoms with Gasteiger partial charge in [0.25, 0.3) is 0 Å². The minimum absolute atomic E-state index is 0.476. The number of carbonyl (C=O) groups excluding carboxylic acids is 1. The van der Waals surface area contributed by atoms with Crippen LogP contribution in [0.3, 0.4) is 0 Å². The van der Waals surface area contributed by atoms with Crippen LogP contribution in [-0.2, 0) is 4.74 Å². The first-order valence-corrected chi connectivity index (χ1v) is 8.25. The topological polar surface area (TPSA) is 53.4 Å². The smallest absolute Gasteiger partial charge is 0.435 e. The third-order valence-electron chi connectivity index (χ3n) is 3.87. The summed E-state index contributed by atoms with van der Waals surface area (Å²) in [5.41, 5.74) is -0.528. The van der Waals surface area contributed by atoms with Crippen LogP contribution in [0, 0.1) is 11.8 Å². The second-order valence-electron chi connectivity index (χ2n) is 7.38. The van der Waals surface area contributed by atoms with Gasteiger partial charge in [-0.2, -0.15) is 4.68 Å². The Bertz CT molecular complexity index is 484. The van der Waals surface area contributed by atoms with E-state index in [4.69, 9.17) is 9.47 Å². The van der Waals surface area contributed by atoms with Gasteiger partial charge in [-0.15, -0.1) is 5.10 Å². The van der Waals surface area contributed by atoms with Crippen LogP contribution in [0.25, 0.3) is 0 Å². The maximum Gasteiger partial charge on any atom is 0.435 e. The van der Waals surface area contributed by atoms with E-state index < -0.39 is 11.7 Å². The van der Waals surface area contributed by atoms with Crippen LogP contribution in [-0.4, -0.2) is 28.1 Å². The molecule has 0 saturated heterocycles. The highest BCUT2D eigenvalue weighted by molar-refractivity contribution is 5.69. The molecule has 1 atom stereocenters. The normalized spacial score (nSPS) is 17.5. The van der Waals surface area contributed by atoms with Gasteiger partial charge in [0.2, 0.25) is 5.88 Å². The molecule has 2 rings (SSSR count). The summed E-state index contributed by atoms with van der Waals surface area (Å²) in [6.07, 6.45) is 7.77. The van der Waals surface area contributed by atoms with Crippen molar-refractivity contribution >= 4 is 6.09 Å². The molecule has 0 amide bonds. The van der Waals surface area contributed by atoms with Gasteiger partial charge < -0.3 is 9.47 Å². The minimum Gasteiger partial charge on any atom is -0.476 e. The Hall–Kier alpha value is -1.52. The molecule has 1 aromatic heterocycles. The highest BCUT2D eigenvalue weighted by Gasteiger charge is 2.20. The number of rotatable bonds is 5. The zero-order valence-corrected chi connectivity index (χ0v) is 14.2. The summed E-state index contributed by atoms with van der Waals surface area (Å²) < 4.78 is 12.1. The number of aromatic nitrogens is 2. The van der Waals surface area contributed by atoms with Gasteiger partial charge in [0.1, 0.15) is 5.60 Å². The maximum absolute atomic E-state index is 11.9. The first-order valence-electron chi connectivity index (χ1n) is 8.25. The molecule has 0 aliphatic heterocycles. The molecule has 5 heteroatoms. The molecule has 1 heterocycles. The molecule has 1 aliphatic rings. The van der Waals surface area contributed by atoms with Crippen molar-refractivity contribution in [2.75, 3.05) is 6.61 Å². The number of nitrogens with zero attached hydrogens (tertiary/aromatic N) is 2. The van der Waals surface area contributed by atoms with E-state index in [0.717, 1.165) is 5.92 Å². The molecule has 0 radical (unpaired) electrons. The number of carbonyl (C=O) groups is 1. The lowest BCUT2D eigenvalue weighted by atomic mass is 9.95. The molecule has 1 unspecified atom stereocenters. The van der Waals surface area contributed by atoms with Gasteiger partial charge >= 0.3 is 6.09 Å². The molecule has 0 bridgehead atoms. The van der Waals surface area contributed by atoms with Crippen molar-refractivity contribution in [2.45, 2.75) is 65.4 Å². The van der Waals surface area contributed by atoms with Crippen LogP contribution < -0.4 is 4.74 Å². The predicted molar refractivity (Wildman–Crippen MR) is 85.1 cm³/mol. The number of ether oxygens (including phenoxy) is 2. The second-order valence-corrected chi connectivity index (χ2v) is 7.38. The minimum atomic E-state index is -0.528. The van der Waals surface area contributed by atoms with E-state index in [0.29, 0.717) is 18.4 Å². The van der Waals surface area contributed by atoms with E-state index in [9.17, 15) is 4.79 Å². The molecule has 5 nitrogen and oxygen atoms in total. The summed E-state index contributed by atoms with van der Waals surface area (Å²) in [4.78, 5) is 11.9.